The van der Waals surface area contributed by atoms with E-state index in [0.29, 0.717) is 0 Å². The van der Waals surface area contributed by atoms with Crippen LogP contribution in [-0.4, -0.2) is 40.1 Å². The molecule has 0 unspecified atom stereocenters. The van der Waals surface area contributed by atoms with Crippen LogP contribution in [0.4, 0.5) is 13.2 Å². The zero-order chi connectivity index (χ0) is 7.71. The molecule has 9 heavy (non-hydrogen) atoms. The van der Waals surface area contributed by atoms with Gasteiger partial charge in [0.1, 0.15) is 0 Å². The van der Waals surface area contributed by atoms with Crippen molar-refractivity contribution in [2.24, 2.45) is 0 Å². The molecule has 0 aliphatic rings. The van der Waals surface area contributed by atoms with Crippen molar-refractivity contribution < 1.29 is 23.7 Å². The first-order valence-corrected chi connectivity index (χ1v) is 4.75. The van der Waals surface area contributed by atoms with Crippen LogP contribution in [0, 0.1) is 0 Å². The van der Waals surface area contributed by atoms with E-state index in [1.807, 2.05) is 0 Å². The molecule has 0 saturated carbocycles. The van der Waals surface area contributed by atoms with Gasteiger partial charge in [-0.1, -0.05) is 0 Å². The number of rotatable bonds is 1. The van der Waals surface area contributed by atoms with Gasteiger partial charge in [0.05, 0.1) is 0 Å². The number of hydrogen-bond donors (Lipinski definition) is 0. The minimum atomic E-state index is -5.26. The average Bonchev–Trinajstić information content (AvgIpc) is 1.64. The summed E-state index contributed by atoms with van der Waals surface area (Å²) in [5.74, 6) is 0. The molecule has 0 atom stereocenters. The van der Waals surface area contributed by atoms with E-state index < -0.39 is 41.8 Å². The molecule has 0 aromatic rings. The second-order valence-corrected chi connectivity index (χ2v) is 4.80. The molecule has 0 spiro atoms. The molecule has 0 amide bonds. The molecule has 0 rings (SSSR count). The first-order valence-electron chi connectivity index (χ1n) is 1.51. The normalized spacial score (nSPS) is 13.6. The Bertz CT molecular complexity index is 180. The number of hydrogen-bond acceptors (Lipinski definition) is 3. The van der Waals surface area contributed by atoms with Crippen LogP contribution in [0.15, 0.2) is 0 Å². The Hall–Kier alpha value is 0.622. The summed E-state index contributed by atoms with van der Waals surface area (Å²) in [5, 5.41) is 0. The Morgan fingerprint density at radius 3 is 1.67 bits per heavy atom. The molecule has 0 radical (unpaired) electrons. The fourth-order valence-corrected chi connectivity index (χ4v) is 1.44. The third-order valence-corrected chi connectivity index (χ3v) is 4.19. The van der Waals surface area contributed by atoms with E-state index in [2.05, 4.69) is 2.13 Å². The van der Waals surface area contributed by atoms with E-state index in [4.69, 9.17) is 0 Å². The van der Waals surface area contributed by atoms with Crippen molar-refractivity contribution in [2.75, 3.05) is 0 Å². The van der Waals surface area contributed by atoms with Crippen molar-refractivity contribution >= 4 is 36.3 Å². The molecule has 0 heterocycles. The molecule has 0 aliphatic carbocycles. The van der Waals surface area contributed by atoms with Crippen LogP contribution in [0.2, 0.25) is 0 Å². The molecule has 0 aromatic heterocycles. The standard InChI is InChI=1S/CHF3O3S.Tl/c2-1(3,4)8(5,6)7;/h(H,5,6,7);/q;+1/p-1. The van der Waals surface area contributed by atoms with Crippen molar-refractivity contribution in [1.82, 2.24) is 0 Å². The van der Waals surface area contributed by atoms with Gasteiger partial charge in [-0.05, 0) is 0 Å². The van der Waals surface area contributed by atoms with Crippen LogP contribution in [0.5, 0.6) is 0 Å². The van der Waals surface area contributed by atoms with Gasteiger partial charge in [0.2, 0.25) is 0 Å². The van der Waals surface area contributed by atoms with Gasteiger partial charge in [0.15, 0.2) is 0 Å². The molecule has 52 valence electrons. The van der Waals surface area contributed by atoms with E-state index in [0.717, 1.165) is 0 Å². The summed E-state index contributed by atoms with van der Waals surface area (Å²) in [4.78, 5) is 0. The van der Waals surface area contributed by atoms with Gasteiger partial charge in [-0.15, -0.1) is 0 Å². The molecule has 0 aromatic carbocycles. The van der Waals surface area contributed by atoms with E-state index in [1.54, 1.807) is 0 Å². The van der Waals surface area contributed by atoms with Gasteiger partial charge in [0.25, 0.3) is 0 Å². The fraction of sp³-hybridized carbons (Fsp3) is 1.00. The topological polar surface area (TPSA) is 43.4 Å². The van der Waals surface area contributed by atoms with Crippen molar-refractivity contribution in [2.45, 2.75) is 5.51 Å². The summed E-state index contributed by atoms with van der Waals surface area (Å²) < 4.78 is 56.2. The Kier molecular flexibility index (Phi) is 2.89. The Balaban J connectivity index is 4.57. The summed E-state index contributed by atoms with van der Waals surface area (Å²) in [7, 11) is -5.26. The maximum absolute atomic E-state index is 11.1. The van der Waals surface area contributed by atoms with Crippen molar-refractivity contribution in [3.05, 3.63) is 0 Å². The summed E-state index contributed by atoms with van der Waals surface area (Å²) >= 11 is -0.665. The van der Waals surface area contributed by atoms with Gasteiger partial charge in [-0.3, -0.25) is 0 Å². The van der Waals surface area contributed by atoms with E-state index in [-0.39, 0.29) is 0 Å². The SMILES string of the molecule is O=S(=O)([O][Tl])C(F)(F)F. The van der Waals surface area contributed by atoms with Crippen LogP contribution in [0.3, 0.4) is 0 Å². The van der Waals surface area contributed by atoms with Gasteiger partial charge < -0.3 is 0 Å². The van der Waals surface area contributed by atoms with Crippen molar-refractivity contribution in [1.29, 1.82) is 0 Å². The van der Waals surface area contributed by atoms with E-state index in [9.17, 15) is 21.6 Å². The molecule has 3 nitrogen and oxygen atoms in total. The van der Waals surface area contributed by atoms with E-state index in [1.165, 1.54) is 0 Å². The minimum absolute atomic E-state index is 0.665. The summed E-state index contributed by atoms with van der Waals surface area (Å²) in [5.41, 5.74) is -5.26. The molecule has 0 bridgehead atoms. The van der Waals surface area contributed by atoms with Gasteiger partial charge in [-0.25, -0.2) is 0 Å². The van der Waals surface area contributed by atoms with Gasteiger partial charge >= 0.3 is 65.6 Å². The quantitative estimate of drug-likeness (QED) is 0.490. The monoisotopic (exact) mass is 354 g/mol. The predicted molar refractivity (Wildman–Crippen MR) is 21.8 cm³/mol. The van der Waals surface area contributed by atoms with E-state index >= 15 is 0 Å². The first kappa shape index (κ1) is 9.62. The average molecular weight is 353 g/mol. The first-order chi connectivity index (χ1) is 3.81. The molecular weight excluding hydrogens is 353 g/mol. The second kappa shape index (κ2) is 2.70. The fourth-order valence-electron chi connectivity index (χ4n) is 0.0546. The van der Waals surface area contributed by atoms with Crippen molar-refractivity contribution in [3.8, 4) is 0 Å². The maximum atomic E-state index is 11.1. The zero-order valence-electron chi connectivity index (χ0n) is 3.84. The van der Waals surface area contributed by atoms with Crippen LogP contribution in [0.1, 0.15) is 0 Å². The van der Waals surface area contributed by atoms with Gasteiger partial charge in [0, 0.05) is 0 Å². The summed E-state index contributed by atoms with van der Waals surface area (Å²) in [6.45, 7) is 0. The second-order valence-electron chi connectivity index (χ2n) is 0.996. The molecule has 0 N–H and O–H groups in total. The third-order valence-electron chi connectivity index (χ3n) is 0.410. The van der Waals surface area contributed by atoms with Crippen LogP contribution >= 0.6 is 0 Å². The Labute approximate surface area is 65.6 Å². The number of alkyl halides is 3. The Morgan fingerprint density at radius 1 is 1.33 bits per heavy atom. The molecule has 8 heteroatoms. The summed E-state index contributed by atoms with van der Waals surface area (Å²) in [6.07, 6.45) is 0. The Morgan fingerprint density at radius 2 is 1.67 bits per heavy atom. The van der Waals surface area contributed by atoms with Gasteiger partial charge in [-0.2, -0.15) is 0 Å². The summed E-state index contributed by atoms with van der Waals surface area (Å²) in [6, 6.07) is 0. The van der Waals surface area contributed by atoms with Crippen LogP contribution in [0.25, 0.3) is 0 Å². The molecular formula is CF3O3STl. The zero-order valence-corrected chi connectivity index (χ0v) is 9.15. The predicted octanol–water partition coefficient (Wildman–Crippen LogP) is -0.0639. The van der Waals surface area contributed by atoms with Crippen molar-refractivity contribution in [3.63, 3.8) is 0 Å². The third kappa shape index (κ3) is 2.37. The molecule has 0 aliphatic heterocycles. The molecule has 0 saturated heterocycles. The number of halogens is 3. The van der Waals surface area contributed by atoms with Crippen LogP contribution < -0.4 is 0 Å². The van der Waals surface area contributed by atoms with Crippen LogP contribution in [-0.2, 0) is 12.3 Å². The molecule has 0 fully saturated rings.